The minimum atomic E-state index is -0.684. The number of pyridine rings is 1. The first-order valence-electron chi connectivity index (χ1n) is 8.23. The van der Waals surface area contributed by atoms with Gasteiger partial charge >= 0.3 is 5.97 Å². The summed E-state index contributed by atoms with van der Waals surface area (Å²) in [7, 11) is 1.48. The smallest absolute Gasteiger partial charge is 0.357 e. The van der Waals surface area contributed by atoms with E-state index in [4.69, 9.17) is 4.74 Å². The normalized spacial score (nSPS) is 11.1. The molecule has 1 N–H and O–H groups in total. The van der Waals surface area contributed by atoms with Gasteiger partial charge in [-0.3, -0.25) is 9.59 Å². The monoisotopic (exact) mass is 357 g/mol. The molecule has 0 atom stereocenters. The summed E-state index contributed by atoms with van der Waals surface area (Å²) >= 11 is 0. The van der Waals surface area contributed by atoms with Crippen LogP contribution in [0.1, 0.15) is 31.3 Å². The van der Waals surface area contributed by atoms with E-state index in [0.717, 1.165) is 5.39 Å². The Balaban J connectivity index is 1.89. The number of carbonyl (C=O) groups excluding carboxylic acids is 3. The molecule has 0 aliphatic rings. The Bertz CT molecular complexity index is 827. The largest absolute Gasteiger partial charge is 0.451 e. The van der Waals surface area contributed by atoms with Gasteiger partial charge in [-0.25, -0.2) is 9.78 Å². The Morgan fingerprint density at radius 2 is 1.81 bits per heavy atom. The van der Waals surface area contributed by atoms with Crippen LogP contribution in [0.3, 0.4) is 0 Å². The van der Waals surface area contributed by atoms with E-state index in [0.29, 0.717) is 5.52 Å². The standard InChI is InChI=1S/C19H23N3O4/c1-19(2,3)21-16(23)11-22(4)17(24)12-26-18(25)15-10-9-13-7-5-6-8-14(13)20-15/h5-10H,11-12H2,1-4H3,(H,21,23). The maximum Gasteiger partial charge on any atom is 0.357 e. The molecule has 0 aliphatic carbocycles. The summed E-state index contributed by atoms with van der Waals surface area (Å²) in [5, 5.41) is 3.67. The molecule has 0 radical (unpaired) electrons. The number of benzene rings is 1. The highest BCUT2D eigenvalue weighted by atomic mass is 16.5. The van der Waals surface area contributed by atoms with Crippen LogP contribution in [0.15, 0.2) is 36.4 Å². The Morgan fingerprint density at radius 1 is 1.12 bits per heavy atom. The molecule has 2 aromatic rings. The van der Waals surface area contributed by atoms with Gasteiger partial charge in [-0.05, 0) is 32.9 Å². The molecule has 0 fully saturated rings. The van der Waals surface area contributed by atoms with E-state index in [9.17, 15) is 14.4 Å². The van der Waals surface area contributed by atoms with Gasteiger partial charge in [0, 0.05) is 18.0 Å². The highest BCUT2D eigenvalue weighted by Gasteiger charge is 2.19. The van der Waals surface area contributed by atoms with Crippen LogP contribution in [-0.2, 0) is 14.3 Å². The van der Waals surface area contributed by atoms with Crippen molar-refractivity contribution in [2.24, 2.45) is 0 Å². The fourth-order valence-electron chi connectivity index (χ4n) is 2.25. The van der Waals surface area contributed by atoms with E-state index >= 15 is 0 Å². The Hall–Kier alpha value is -2.96. The first-order chi connectivity index (χ1) is 12.2. The molecule has 0 saturated carbocycles. The number of aromatic nitrogens is 1. The van der Waals surface area contributed by atoms with E-state index in [-0.39, 0.29) is 23.7 Å². The molecule has 7 nitrogen and oxygen atoms in total. The molecular formula is C19H23N3O4. The number of hydrogen-bond acceptors (Lipinski definition) is 5. The van der Waals surface area contributed by atoms with Crippen LogP contribution in [0.5, 0.6) is 0 Å². The lowest BCUT2D eigenvalue weighted by molar-refractivity contribution is -0.137. The van der Waals surface area contributed by atoms with Crippen molar-refractivity contribution in [1.29, 1.82) is 0 Å². The Kier molecular flexibility index (Phi) is 5.92. The minimum Gasteiger partial charge on any atom is -0.451 e. The molecule has 1 aromatic heterocycles. The van der Waals surface area contributed by atoms with Gasteiger partial charge in [-0.2, -0.15) is 0 Å². The number of likely N-dealkylation sites (N-methyl/N-ethyl adjacent to an activating group) is 1. The van der Waals surface area contributed by atoms with Crippen molar-refractivity contribution in [3.63, 3.8) is 0 Å². The van der Waals surface area contributed by atoms with E-state index in [1.807, 2.05) is 39.0 Å². The third-order valence-corrected chi connectivity index (χ3v) is 3.46. The van der Waals surface area contributed by atoms with Gasteiger partial charge in [0.05, 0.1) is 12.1 Å². The number of rotatable bonds is 5. The lowest BCUT2D eigenvalue weighted by atomic mass is 10.1. The Morgan fingerprint density at radius 3 is 2.50 bits per heavy atom. The number of amides is 2. The summed E-state index contributed by atoms with van der Waals surface area (Å²) in [5.74, 6) is -1.43. The van der Waals surface area contributed by atoms with Crippen molar-refractivity contribution in [3.05, 3.63) is 42.1 Å². The lowest BCUT2D eigenvalue weighted by Gasteiger charge is -2.23. The topological polar surface area (TPSA) is 88.6 Å². The number of carbonyl (C=O) groups is 3. The average molecular weight is 357 g/mol. The first kappa shape index (κ1) is 19.4. The van der Waals surface area contributed by atoms with Gasteiger partial charge in [0.25, 0.3) is 5.91 Å². The van der Waals surface area contributed by atoms with Gasteiger partial charge in [0.2, 0.25) is 5.91 Å². The van der Waals surface area contributed by atoms with Crippen molar-refractivity contribution in [1.82, 2.24) is 15.2 Å². The molecule has 26 heavy (non-hydrogen) atoms. The van der Waals surface area contributed by atoms with Crippen LogP contribution >= 0.6 is 0 Å². The number of para-hydroxylation sites is 1. The highest BCUT2D eigenvalue weighted by molar-refractivity contribution is 5.93. The molecule has 0 spiro atoms. The minimum absolute atomic E-state index is 0.109. The number of esters is 1. The SMILES string of the molecule is CN(CC(=O)NC(C)(C)C)C(=O)COC(=O)c1ccc2ccccc2n1. The van der Waals surface area contributed by atoms with Crippen molar-refractivity contribution < 1.29 is 19.1 Å². The van der Waals surface area contributed by atoms with Crippen LogP contribution in [0.25, 0.3) is 10.9 Å². The molecule has 0 aliphatic heterocycles. The summed E-state index contributed by atoms with van der Waals surface area (Å²) in [6.45, 7) is 5.00. The van der Waals surface area contributed by atoms with Gasteiger partial charge in [-0.15, -0.1) is 0 Å². The second kappa shape index (κ2) is 7.95. The van der Waals surface area contributed by atoms with E-state index in [2.05, 4.69) is 10.3 Å². The van der Waals surface area contributed by atoms with Gasteiger partial charge in [0.1, 0.15) is 5.69 Å². The number of nitrogens with one attached hydrogen (secondary N) is 1. The van der Waals surface area contributed by atoms with Gasteiger partial charge < -0.3 is 15.0 Å². The van der Waals surface area contributed by atoms with Crippen molar-refractivity contribution in [3.8, 4) is 0 Å². The zero-order chi connectivity index (χ0) is 19.3. The average Bonchev–Trinajstić information content (AvgIpc) is 2.57. The summed E-state index contributed by atoms with van der Waals surface area (Å²) in [6.07, 6.45) is 0. The third kappa shape index (κ3) is 5.54. The summed E-state index contributed by atoms with van der Waals surface area (Å²) in [4.78, 5) is 41.4. The number of nitrogens with zero attached hydrogens (tertiary/aromatic N) is 2. The zero-order valence-electron chi connectivity index (χ0n) is 15.4. The molecule has 1 aromatic carbocycles. The predicted molar refractivity (Wildman–Crippen MR) is 97.6 cm³/mol. The van der Waals surface area contributed by atoms with Crippen LogP contribution in [0.2, 0.25) is 0 Å². The predicted octanol–water partition coefficient (Wildman–Crippen LogP) is 1.76. The van der Waals surface area contributed by atoms with Crippen LogP contribution < -0.4 is 5.32 Å². The van der Waals surface area contributed by atoms with Crippen LogP contribution in [0.4, 0.5) is 0 Å². The maximum absolute atomic E-state index is 12.1. The van der Waals surface area contributed by atoms with Crippen molar-refractivity contribution in [2.45, 2.75) is 26.3 Å². The molecule has 7 heteroatoms. The molecule has 0 bridgehead atoms. The van der Waals surface area contributed by atoms with E-state index in [1.54, 1.807) is 18.2 Å². The fourth-order valence-corrected chi connectivity index (χ4v) is 2.25. The highest BCUT2D eigenvalue weighted by Crippen LogP contribution is 2.12. The second-order valence-corrected chi connectivity index (χ2v) is 7.01. The number of ether oxygens (including phenoxy) is 1. The molecule has 0 unspecified atom stereocenters. The first-order valence-corrected chi connectivity index (χ1v) is 8.23. The fraction of sp³-hybridized carbons (Fsp3) is 0.368. The molecule has 1 heterocycles. The third-order valence-electron chi connectivity index (χ3n) is 3.46. The molecule has 2 amide bonds. The summed E-state index contributed by atoms with van der Waals surface area (Å²) < 4.78 is 5.02. The lowest BCUT2D eigenvalue weighted by Crippen LogP contribution is -2.46. The number of hydrogen-bond donors (Lipinski definition) is 1. The van der Waals surface area contributed by atoms with Gasteiger partial charge in [0.15, 0.2) is 6.61 Å². The summed E-state index contributed by atoms with van der Waals surface area (Å²) in [5.41, 5.74) is 0.420. The molecule has 138 valence electrons. The van der Waals surface area contributed by atoms with E-state index in [1.165, 1.54) is 11.9 Å². The quantitative estimate of drug-likeness (QED) is 0.824. The number of fused-ring (bicyclic) bond motifs is 1. The van der Waals surface area contributed by atoms with Gasteiger partial charge in [-0.1, -0.05) is 24.3 Å². The summed E-state index contributed by atoms with van der Waals surface area (Å²) in [6, 6.07) is 10.7. The Labute approximate surface area is 152 Å². The van der Waals surface area contributed by atoms with Crippen LogP contribution in [-0.4, -0.2) is 53.4 Å². The van der Waals surface area contributed by atoms with Crippen LogP contribution in [0, 0.1) is 0 Å². The second-order valence-electron chi connectivity index (χ2n) is 7.01. The van der Waals surface area contributed by atoms with Crippen molar-refractivity contribution >= 4 is 28.7 Å². The zero-order valence-corrected chi connectivity index (χ0v) is 15.4. The maximum atomic E-state index is 12.1. The molecule has 2 rings (SSSR count). The van der Waals surface area contributed by atoms with E-state index < -0.39 is 18.5 Å². The molecule has 0 saturated heterocycles. The van der Waals surface area contributed by atoms with Crippen molar-refractivity contribution in [2.75, 3.05) is 20.2 Å². The molecular weight excluding hydrogens is 334 g/mol.